The lowest BCUT2D eigenvalue weighted by atomic mass is 9.85. The minimum atomic E-state index is 0.448. The van der Waals surface area contributed by atoms with Gasteiger partial charge in [0.15, 0.2) is 0 Å². The predicted molar refractivity (Wildman–Crippen MR) is 176 cm³/mol. The van der Waals surface area contributed by atoms with Gasteiger partial charge in [0.25, 0.3) is 0 Å². The van der Waals surface area contributed by atoms with Crippen molar-refractivity contribution >= 4 is 49.4 Å². The van der Waals surface area contributed by atoms with Crippen LogP contribution in [0.3, 0.4) is 0 Å². The highest BCUT2D eigenvalue weighted by molar-refractivity contribution is 6.17. The molecule has 0 aromatic heterocycles. The lowest BCUT2D eigenvalue weighted by Gasteiger charge is -2.30. The number of aryl methyl sites for hydroxylation is 1. The second-order valence-corrected chi connectivity index (χ2v) is 11.3. The average Bonchev–Trinajstić information content (AvgIpc) is 3.19. The zero-order valence-electron chi connectivity index (χ0n) is 23.2. The van der Waals surface area contributed by atoms with E-state index in [0.717, 1.165) is 12.8 Å². The zero-order chi connectivity index (χ0) is 27.3. The van der Waals surface area contributed by atoms with Gasteiger partial charge in [-0.3, -0.25) is 0 Å². The summed E-state index contributed by atoms with van der Waals surface area (Å²) in [5.41, 5.74) is 9.25. The van der Waals surface area contributed by atoms with E-state index in [2.05, 4.69) is 151 Å². The molecule has 1 aliphatic carbocycles. The summed E-state index contributed by atoms with van der Waals surface area (Å²) in [6.45, 7) is 2.40. The third kappa shape index (κ3) is 3.84. The lowest BCUT2D eigenvalue weighted by Crippen LogP contribution is -2.12. The van der Waals surface area contributed by atoms with Crippen LogP contribution in [0.25, 0.3) is 43.4 Å². The van der Waals surface area contributed by atoms with Crippen molar-refractivity contribution in [2.24, 2.45) is 0 Å². The molecule has 1 aliphatic rings. The highest BCUT2D eigenvalue weighted by Crippen LogP contribution is 2.51. The summed E-state index contributed by atoms with van der Waals surface area (Å²) >= 11 is 0. The van der Waals surface area contributed by atoms with Crippen molar-refractivity contribution in [2.45, 2.75) is 25.7 Å². The van der Waals surface area contributed by atoms with Gasteiger partial charge in [0.1, 0.15) is 0 Å². The molecule has 8 rings (SSSR count). The van der Waals surface area contributed by atoms with Crippen LogP contribution < -0.4 is 4.90 Å². The van der Waals surface area contributed by atoms with E-state index in [0.29, 0.717) is 5.92 Å². The van der Waals surface area contributed by atoms with Gasteiger partial charge in [-0.2, -0.15) is 0 Å². The van der Waals surface area contributed by atoms with Crippen molar-refractivity contribution in [1.29, 1.82) is 0 Å². The quantitative estimate of drug-likeness (QED) is 0.207. The first-order valence-electron chi connectivity index (χ1n) is 14.7. The van der Waals surface area contributed by atoms with Crippen molar-refractivity contribution < 1.29 is 0 Å². The maximum atomic E-state index is 2.47. The topological polar surface area (TPSA) is 3.24 Å². The largest absolute Gasteiger partial charge is 0.310 e. The Labute approximate surface area is 241 Å². The van der Waals surface area contributed by atoms with E-state index in [9.17, 15) is 0 Å². The Hall–Kier alpha value is -4.88. The SMILES string of the molecule is CC1CCc2c(c3ccccc3c3ccccc23)-c2c1cccc2N(c1ccccc1)c1ccc2ccccc2c1. The van der Waals surface area contributed by atoms with Crippen molar-refractivity contribution in [3.8, 4) is 11.1 Å². The number of anilines is 3. The second-order valence-electron chi connectivity index (χ2n) is 11.3. The van der Waals surface area contributed by atoms with Crippen LogP contribution in [-0.4, -0.2) is 0 Å². The van der Waals surface area contributed by atoms with Gasteiger partial charge in [-0.05, 0) is 98.1 Å². The Morgan fingerprint density at radius 1 is 0.512 bits per heavy atom. The number of benzene rings is 7. The fourth-order valence-electron chi connectivity index (χ4n) is 7.02. The maximum absolute atomic E-state index is 2.47. The van der Waals surface area contributed by atoms with Gasteiger partial charge in [-0.25, -0.2) is 0 Å². The monoisotopic (exact) mass is 525 g/mol. The standard InChI is InChI=1S/C40H31N/c1-27-22-25-37-35-18-8-7-16-33(35)34-17-9-10-19-36(34)39(37)40-32(27)20-11-21-38(40)41(30-14-3-2-4-15-30)31-24-23-28-12-5-6-13-29(28)26-31/h2-21,23-24,26-27H,22,25H2,1H3. The second kappa shape index (κ2) is 9.64. The Morgan fingerprint density at radius 3 is 1.98 bits per heavy atom. The number of hydrogen-bond donors (Lipinski definition) is 0. The third-order valence-corrected chi connectivity index (χ3v) is 8.97. The molecule has 0 saturated heterocycles. The minimum absolute atomic E-state index is 0.448. The van der Waals surface area contributed by atoms with E-state index in [1.807, 2.05) is 0 Å². The van der Waals surface area contributed by atoms with Crippen LogP contribution in [0.4, 0.5) is 17.1 Å². The van der Waals surface area contributed by atoms with Gasteiger partial charge >= 0.3 is 0 Å². The van der Waals surface area contributed by atoms with E-state index < -0.39 is 0 Å². The molecule has 0 amide bonds. The van der Waals surface area contributed by atoms with E-state index in [-0.39, 0.29) is 0 Å². The molecule has 1 atom stereocenters. The predicted octanol–water partition coefficient (Wildman–Crippen LogP) is 11.3. The van der Waals surface area contributed by atoms with Crippen molar-refractivity contribution in [3.63, 3.8) is 0 Å². The van der Waals surface area contributed by atoms with Gasteiger partial charge < -0.3 is 4.90 Å². The van der Waals surface area contributed by atoms with Crippen LogP contribution >= 0.6 is 0 Å². The molecule has 0 bridgehead atoms. The first kappa shape index (κ1) is 24.0. The summed E-state index contributed by atoms with van der Waals surface area (Å²) in [5.74, 6) is 0.448. The average molecular weight is 526 g/mol. The molecule has 0 saturated carbocycles. The Kier molecular flexibility index (Phi) is 5.63. The minimum Gasteiger partial charge on any atom is -0.310 e. The van der Waals surface area contributed by atoms with Crippen molar-refractivity contribution in [1.82, 2.24) is 0 Å². The molecular weight excluding hydrogens is 494 g/mol. The highest BCUT2D eigenvalue weighted by atomic mass is 15.1. The smallest absolute Gasteiger partial charge is 0.0543 e. The van der Waals surface area contributed by atoms with Crippen LogP contribution in [0.2, 0.25) is 0 Å². The number of hydrogen-bond acceptors (Lipinski definition) is 1. The zero-order valence-corrected chi connectivity index (χ0v) is 23.2. The van der Waals surface area contributed by atoms with Crippen molar-refractivity contribution in [3.05, 3.63) is 151 Å². The first-order chi connectivity index (χ1) is 20.3. The summed E-state index contributed by atoms with van der Waals surface area (Å²) in [7, 11) is 0. The normalized spacial score (nSPS) is 14.5. The van der Waals surface area contributed by atoms with Gasteiger partial charge in [0.05, 0.1) is 5.69 Å². The van der Waals surface area contributed by atoms with Crippen LogP contribution in [0.15, 0.2) is 140 Å². The van der Waals surface area contributed by atoms with Gasteiger partial charge in [-0.1, -0.05) is 116 Å². The Morgan fingerprint density at radius 2 is 1.17 bits per heavy atom. The van der Waals surface area contributed by atoms with Crippen LogP contribution in [0.5, 0.6) is 0 Å². The summed E-state index contributed by atoms with van der Waals surface area (Å²) in [6, 6.07) is 51.3. The fraction of sp³-hybridized carbons (Fsp3) is 0.100. The van der Waals surface area contributed by atoms with E-state index in [1.54, 1.807) is 0 Å². The molecule has 7 aromatic carbocycles. The summed E-state index contributed by atoms with van der Waals surface area (Å²) in [4.78, 5) is 2.47. The van der Waals surface area contributed by atoms with Crippen molar-refractivity contribution in [2.75, 3.05) is 4.90 Å². The van der Waals surface area contributed by atoms with Gasteiger partial charge in [-0.15, -0.1) is 0 Å². The molecule has 7 aromatic rings. The molecular formula is C40H31N. The molecule has 0 spiro atoms. The van der Waals surface area contributed by atoms with Gasteiger partial charge in [0.2, 0.25) is 0 Å². The van der Waals surface area contributed by atoms with Crippen LogP contribution in [0.1, 0.15) is 30.4 Å². The molecule has 0 heterocycles. The molecule has 0 fully saturated rings. The fourth-order valence-corrected chi connectivity index (χ4v) is 7.02. The molecule has 0 N–H and O–H groups in total. The lowest BCUT2D eigenvalue weighted by molar-refractivity contribution is 0.691. The number of nitrogens with zero attached hydrogens (tertiary/aromatic N) is 1. The molecule has 0 aliphatic heterocycles. The first-order valence-corrected chi connectivity index (χ1v) is 14.7. The molecule has 1 nitrogen and oxygen atoms in total. The molecule has 0 radical (unpaired) electrons. The van der Waals surface area contributed by atoms with E-state index in [4.69, 9.17) is 0 Å². The van der Waals surface area contributed by atoms with Gasteiger partial charge in [0, 0.05) is 16.9 Å². The van der Waals surface area contributed by atoms with E-state index >= 15 is 0 Å². The number of rotatable bonds is 3. The molecule has 1 unspecified atom stereocenters. The molecule has 41 heavy (non-hydrogen) atoms. The Bertz CT molecular complexity index is 2070. The molecule has 1 heteroatoms. The summed E-state index contributed by atoms with van der Waals surface area (Å²) in [6.07, 6.45) is 2.20. The summed E-state index contributed by atoms with van der Waals surface area (Å²) in [5, 5.41) is 7.91. The summed E-state index contributed by atoms with van der Waals surface area (Å²) < 4.78 is 0. The molecule has 196 valence electrons. The number of para-hydroxylation sites is 1. The Balaban J connectivity index is 1.50. The maximum Gasteiger partial charge on any atom is 0.0543 e. The van der Waals surface area contributed by atoms with Crippen LogP contribution in [-0.2, 0) is 6.42 Å². The van der Waals surface area contributed by atoms with Crippen LogP contribution in [0, 0.1) is 0 Å². The third-order valence-electron chi connectivity index (χ3n) is 8.97. The number of fused-ring (bicyclic) bond motifs is 9. The van der Waals surface area contributed by atoms with E-state index in [1.165, 1.54) is 71.6 Å². The highest BCUT2D eigenvalue weighted by Gasteiger charge is 2.28.